The van der Waals surface area contributed by atoms with Crippen molar-refractivity contribution in [2.75, 3.05) is 11.9 Å². The third-order valence-corrected chi connectivity index (χ3v) is 6.63. The van der Waals surface area contributed by atoms with Crippen LogP contribution in [0.2, 0.25) is 0 Å². The standard InChI is InChI=1S/C26H23N3O3S/c1-2-32-25(30)19-10-4-5-11-20(19)27-26(31)29-17-18-9-3-6-12-21(18)28-15-7-13-22(28)24(29)23-14-8-16-33-23/h3-16,24H,2,17H2,1H3,(H,27,31)/t24-/m1/s1. The van der Waals surface area contributed by atoms with Crippen molar-refractivity contribution in [3.8, 4) is 5.69 Å². The Labute approximate surface area is 196 Å². The average Bonchev–Trinajstić information content (AvgIpc) is 3.51. The monoisotopic (exact) mass is 457 g/mol. The second-order valence-electron chi connectivity index (χ2n) is 7.67. The van der Waals surface area contributed by atoms with Crippen LogP contribution in [0.1, 0.15) is 39.5 Å². The van der Waals surface area contributed by atoms with Crippen LogP contribution < -0.4 is 5.32 Å². The van der Waals surface area contributed by atoms with Gasteiger partial charge in [-0.05, 0) is 54.3 Å². The van der Waals surface area contributed by atoms with Crippen molar-refractivity contribution >= 4 is 29.0 Å². The summed E-state index contributed by atoms with van der Waals surface area (Å²) < 4.78 is 7.33. The number of rotatable bonds is 4. The maximum absolute atomic E-state index is 13.8. The van der Waals surface area contributed by atoms with Crippen LogP contribution >= 0.6 is 11.3 Å². The number of thiophene rings is 1. The van der Waals surface area contributed by atoms with Crippen molar-refractivity contribution in [1.29, 1.82) is 0 Å². The molecule has 0 spiro atoms. The molecule has 2 aromatic heterocycles. The van der Waals surface area contributed by atoms with Crippen LogP contribution in [0.3, 0.4) is 0 Å². The Hall–Kier alpha value is -3.84. The summed E-state index contributed by atoms with van der Waals surface area (Å²) in [4.78, 5) is 29.1. The summed E-state index contributed by atoms with van der Waals surface area (Å²) in [5.74, 6) is -0.460. The molecule has 0 fully saturated rings. The Balaban J connectivity index is 1.57. The third kappa shape index (κ3) is 3.91. The zero-order valence-corrected chi connectivity index (χ0v) is 18.9. The van der Waals surface area contributed by atoms with Crippen LogP contribution in [0, 0.1) is 0 Å². The van der Waals surface area contributed by atoms with Gasteiger partial charge in [-0.15, -0.1) is 11.3 Å². The fourth-order valence-electron chi connectivity index (χ4n) is 4.25. The van der Waals surface area contributed by atoms with E-state index in [9.17, 15) is 9.59 Å². The number of esters is 1. The van der Waals surface area contributed by atoms with Crippen molar-refractivity contribution in [2.24, 2.45) is 0 Å². The number of nitrogens with one attached hydrogen (secondary N) is 1. The number of fused-ring (bicyclic) bond motifs is 3. The molecule has 0 aliphatic carbocycles. The molecule has 2 aromatic carbocycles. The van der Waals surface area contributed by atoms with Crippen LogP contribution in [-0.4, -0.2) is 28.1 Å². The smallest absolute Gasteiger partial charge is 0.340 e. The number of ether oxygens (including phenoxy) is 1. The largest absolute Gasteiger partial charge is 0.462 e. The van der Waals surface area contributed by atoms with E-state index in [0.29, 0.717) is 17.8 Å². The van der Waals surface area contributed by atoms with Gasteiger partial charge in [0.05, 0.1) is 35.8 Å². The molecule has 0 radical (unpaired) electrons. The summed E-state index contributed by atoms with van der Waals surface area (Å²) >= 11 is 1.62. The lowest BCUT2D eigenvalue weighted by Crippen LogP contribution is -2.38. The summed E-state index contributed by atoms with van der Waals surface area (Å²) in [6.45, 7) is 2.45. The SMILES string of the molecule is CCOC(=O)c1ccccc1NC(=O)N1Cc2ccccc2-n2cccc2[C@@H]1c1cccs1. The molecule has 7 heteroatoms. The van der Waals surface area contributed by atoms with Crippen molar-refractivity contribution in [1.82, 2.24) is 9.47 Å². The lowest BCUT2D eigenvalue weighted by Gasteiger charge is -2.30. The minimum atomic E-state index is -0.460. The Kier molecular flexibility index (Phi) is 5.71. The summed E-state index contributed by atoms with van der Waals surface area (Å²) in [5.41, 5.74) is 3.87. The summed E-state index contributed by atoms with van der Waals surface area (Å²) in [6.07, 6.45) is 2.03. The minimum Gasteiger partial charge on any atom is -0.462 e. The first-order chi connectivity index (χ1) is 16.2. The number of aromatic nitrogens is 1. The van der Waals surface area contributed by atoms with E-state index < -0.39 is 5.97 Å². The molecule has 3 heterocycles. The number of anilines is 1. The first-order valence-electron chi connectivity index (χ1n) is 10.8. The Morgan fingerprint density at radius 3 is 2.67 bits per heavy atom. The molecule has 33 heavy (non-hydrogen) atoms. The lowest BCUT2D eigenvalue weighted by atomic mass is 10.1. The second-order valence-corrected chi connectivity index (χ2v) is 8.65. The van der Waals surface area contributed by atoms with Gasteiger partial charge in [-0.25, -0.2) is 9.59 Å². The molecule has 4 aromatic rings. The van der Waals surface area contributed by atoms with E-state index in [4.69, 9.17) is 4.74 Å². The normalized spacial score (nSPS) is 14.7. The molecule has 0 saturated heterocycles. The molecular formula is C26H23N3O3S. The molecule has 1 aliphatic rings. The van der Waals surface area contributed by atoms with Crippen molar-refractivity contribution in [2.45, 2.75) is 19.5 Å². The quantitative estimate of drug-likeness (QED) is 0.391. The molecule has 0 unspecified atom stereocenters. The van der Waals surface area contributed by atoms with Gasteiger partial charge < -0.3 is 19.5 Å². The zero-order chi connectivity index (χ0) is 22.8. The molecular weight excluding hydrogens is 434 g/mol. The number of benzene rings is 2. The van der Waals surface area contributed by atoms with E-state index >= 15 is 0 Å². The fourth-order valence-corrected chi connectivity index (χ4v) is 5.10. The predicted molar refractivity (Wildman–Crippen MR) is 129 cm³/mol. The molecule has 2 amide bonds. The van der Waals surface area contributed by atoms with E-state index in [1.54, 1.807) is 42.5 Å². The van der Waals surface area contributed by atoms with Crippen molar-refractivity contribution in [3.05, 3.63) is 106 Å². The first kappa shape index (κ1) is 21.0. The first-order valence-corrected chi connectivity index (χ1v) is 11.7. The molecule has 0 bridgehead atoms. The molecule has 1 aliphatic heterocycles. The number of hydrogen-bond acceptors (Lipinski definition) is 4. The summed E-state index contributed by atoms with van der Waals surface area (Å²) in [6, 6.07) is 22.6. The second kappa shape index (κ2) is 8.96. The zero-order valence-electron chi connectivity index (χ0n) is 18.1. The van der Waals surface area contributed by atoms with Gasteiger partial charge in [0.2, 0.25) is 0 Å². The van der Waals surface area contributed by atoms with Crippen molar-refractivity contribution in [3.63, 3.8) is 0 Å². The number of urea groups is 1. The average molecular weight is 458 g/mol. The Morgan fingerprint density at radius 2 is 1.85 bits per heavy atom. The summed E-state index contributed by atoms with van der Waals surface area (Å²) in [7, 11) is 0. The highest BCUT2D eigenvalue weighted by atomic mass is 32.1. The summed E-state index contributed by atoms with van der Waals surface area (Å²) in [5, 5.41) is 5.00. The molecule has 6 nitrogen and oxygen atoms in total. The van der Waals surface area contributed by atoms with Gasteiger partial charge in [-0.1, -0.05) is 36.4 Å². The van der Waals surface area contributed by atoms with Gasteiger partial charge in [-0.2, -0.15) is 0 Å². The number of amides is 2. The van der Waals surface area contributed by atoms with Gasteiger partial charge >= 0.3 is 12.0 Å². The molecule has 1 N–H and O–H groups in total. The van der Waals surface area contributed by atoms with Gasteiger partial charge in [0.15, 0.2) is 0 Å². The number of nitrogens with zero attached hydrogens (tertiary/aromatic N) is 2. The van der Waals surface area contributed by atoms with Crippen LogP contribution in [0.15, 0.2) is 84.4 Å². The minimum absolute atomic E-state index is 0.265. The Bertz CT molecular complexity index is 1300. The fraction of sp³-hybridized carbons (Fsp3) is 0.154. The lowest BCUT2D eigenvalue weighted by molar-refractivity contribution is 0.0527. The topological polar surface area (TPSA) is 63.6 Å². The predicted octanol–water partition coefficient (Wildman–Crippen LogP) is 5.85. The van der Waals surface area contributed by atoms with E-state index in [0.717, 1.165) is 21.8 Å². The molecule has 0 saturated carbocycles. The molecule has 5 rings (SSSR count). The van der Waals surface area contributed by atoms with Crippen LogP contribution in [0.5, 0.6) is 0 Å². The number of carbonyl (C=O) groups is 2. The van der Waals surface area contributed by atoms with E-state index in [-0.39, 0.29) is 18.7 Å². The van der Waals surface area contributed by atoms with Crippen LogP contribution in [0.4, 0.5) is 10.5 Å². The van der Waals surface area contributed by atoms with Crippen molar-refractivity contribution < 1.29 is 14.3 Å². The highest BCUT2D eigenvalue weighted by Gasteiger charge is 2.34. The molecule has 166 valence electrons. The van der Waals surface area contributed by atoms with Gasteiger partial charge in [0.1, 0.15) is 6.04 Å². The maximum Gasteiger partial charge on any atom is 0.340 e. The van der Waals surface area contributed by atoms with Gasteiger partial charge in [0.25, 0.3) is 0 Å². The van der Waals surface area contributed by atoms with Gasteiger partial charge in [-0.3, -0.25) is 0 Å². The highest BCUT2D eigenvalue weighted by Crippen LogP contribution is 2.38. The molecule has 1 atom stereocenters. The van der Waals surface area contributed by atoms with E-state index in [1.165, 1.54) is 0 Å². The maximum atomic E-state index is 13.8. The highest BCUT2D eigenvalue weighted by molar-refractivity contribution is 7.10. The number of para-hydroxylation sites is 2. The van der Waals surface area contributed by atoms with E-state index in [2.05, 4.69) is 28.1 Å². The Morgan fingerprint density at radius 1 is 1.03 bits per heavy atom. The number of carbonyl (C=O) groups excluding carboxylic acids is 2. The van der Waals surface area contributed by atoms with Gasteiger partial charge in [0, 0.05) is 11.1 Å². The van der Waals surface area contributed by atoms with Crippen LogP contribution in [-0.2, 0) is 11.3 Å². The van der Waals surface area contributed by atoms with Crippen LogP contribution in [0.25, 0.3) is 5.69 Å². The van der Waals surface area contributed by atoms with E-state index in [1.807, 2.05) is 46.8 Å². The number of hydrogen-bond donors (Lipinski definition) is 1. The third-order valence-electron chi connectivity index (χ3n) is 5.70.